The Bertz CT molecular complexity index is 408. The number of aliphatic hydroxyl groups excluding tert-OH is 1. The molecule has 0 fully saturated rings. The van der Waals surface area contributed by atoms with Gasteiger partial charge in [0.25, 0.3) is 0 Å². The highest BCUT2D eigenvalue weighted by Crippen LogP contribution is 2.27. The van der Waals surface area contributed by atoms with Crippen LogP contribution in [0.15, 0.2) is 0 Å². The molecule has 0 aromatic heterocycles. The third-order valence-corrected chi connectivity index (χ3v) is 6.16. The van der Waals surface area contributed by atoms with Crippen molar-refractivity contribution < 1.29 is 14.6 Å². The van der Waals surface area contributed by atoms with Gasteiger partial charge in [-0.3, -0.25) is 0 Å². The summed E-state index contributed by atoms with van der Waals surface area (Å²) in [6, 6.07) is 0. The molecule has 0 saturated heterocycles. The maximum Gasteiger partial charge on any atom is 0.0844 e. The summed E-state index contributed by atoms with van der Waals surface area (Å²) in [6.07, 6.45) is 23.2. The minimum atomic E-state index is -0.138. The van der Waals surface area contributed by atoms with Crippen LogP contribution in [0.5, 0.6) is 0 Å². The number of hydrogen-bond donors (Lipinski definition) is 1. The van der Waals surface area contributed by atoms with E-state index in [4.69, 9.17) is 14.6 Å². The zero-order chi connectivity index (χ0) is 25.0. The van der Waals surface area contributed by atoms with Gasteiger partial charge in [-0.25, -0.2) is 0 Å². The van der Waals surface area contributed by atoms with Crippen molar-refractivity contribution in [2.75, 3.05) is 6.61 Å². The van der Waals surface area contributed by atoms with Gasteiger partial charge in [0, 0.05) is 6.61 Å². The molecule has 0 rings (SSSR count). The van der Waals surface area contributed by atoms with Gasteiger partial charge in [0.2, 0.25) is 0 Å². The van der Waals surface area contributed by atoms with Crippen LogP contribution in [-0.2, 0) is 9.47 Å². The predicted molar refractivity (Wildman–Crippen MR) is 145 cm³/mol. The summed E-state index contributed by atoms with van der Waals surface area (Å²) in [5.74, 6) is 0. The molecule has 1 N–H and O–H groups in total. The Morgan fingerprint density at radius 1 is 0.485 bits per heavy atom. The van der Waals surface area contributed by atoms with Crippen molar-refractivity contribution in [1.29, 1.82) is 0 Å². The molecule has 0 aromatic rings. The van der Waals surface area contributed by atoms with Crippen molar-refractivity contribution in [3.8, 4) is 0 Å². The van der Waals surface area contributed by atoms with Crippen molar-refractivity contribution >= 4 is 0 Å². The fourth-order valence-corrected chi connectivity index (χ4v) is 4.55. The molecule has 0 bridgehead atoms. The molecule has 0 aliphatic rings. The molecule has 33 heavy (non-hydrogen) atoms. The van der Waals surface area contributed by atoms with E-state index in [1.54, 1.807) is 0 Å². The number of hydrogen-bond acceptors (Lipinski definition) is 3. The van der Waals surface area contributed by atoms with Crippen molar-refractivity contribution in [1.82, 2.24) is 0 Å². The van der Waals surface area contributed by atoms with Crippen LogP contribution in [-0.4, -0.2) is 35.1 Å². The monoisotopic (exact) mass is 470 g/mol. The van der Waals surface area contributed by atoms with Crippen LogP contribution in [0.3, 0.4) is 0 Å². The van der Waals surface area contributed by atoms with Gasteiger partial charge in [-0.05, 0) is 60.8 Å². The fourth-order valence-electron chi connectivity index (χ4n) is 4.55. The van der Waals surface area contributed by atoms with Gasteiger partial charge in [-0.15, -0.1) is 0 Å². The molecular weight excluding hydrogens is 408 g/mol. The lowest BCUT2D eigenvalue weighted by Gasteiger charge is -2.37. The highest BCUT2D eigenvalue weighted by Gasteiger charge is 2.30. The Hall–Kier alpha value is -0.120. The second-order valence-corrected chi connectivity index (χ2v) is 12.1. The standard InChI is InChI=1S/C30H62O3/c1-8-9-10-11-18-21-24-27(32-29(2,3)4)28(33-30(5,6)7)25-22-19-16-14-12-13-15-17-20-23-26-31/h27-28,31H,8-26H2,1-7H3. The van der Waals surface area contributed by atoms with Crippen molar-refractivity contribution in [2.45, 2.75) is 187 Å². The molecule has 3 nitrogen and oxygen atoms in total. The molecule has 0 aliphatic heterocycles. The van der Waals surface area contributed by atoms with Crippen LogP contribution < -0.4 is 0 Å². The maximum atomic E-state index is 8.85. The Balaban J connectivity index is 4.47. The lowest BCUT2D eigenvalue weighted by atomic mass is 9.97. The van der Waals surface area contributed by atoms with Crippen LogP contribution in [0.4, 0.5) is 0 Å². The minimum Gasteiger partial charge on any atom is -0.396 e. The fraction of sp³-hybridized carbons (Fsp3) is 1.00. The zero-order valence-electron chi connectivity index (χ0n) is 23.9. The lowest BCUT2D eigenvalue weighted by molar-refractivity contribution is -0.167. The molecule has 200 valence electrons. The first kappa shape index (κ1) is 32.9. The third-order valence-electron chi connectivity index (χ3n) is 6.16. The Labute approximate surface area is 208 Å². The summed E-state index contributed by atoms with van der Waals surface area (Å²) in [7, 11) is 0. The molecule has 0 heterocycles. The van der Waals surface area contributed by atoms with Gasteiger partial charge in [0.05, 0.1) is 23.4 Å². The van der Waals surface area contributed by atoms with Crippen LogP contribution in [0.25, 0.3) is 0 Å². The van der Waals surface area contributed by atoms with Crippen molar-refractivity contribution in [2.24, 2.45) is 0 Å². The predicted octanol–water partition coefficient (Wildman–Crippen LogP) is 9.39. The number of unbranched alkanes of at least 4 members (excludes halogenated alkanes) is 14. The van der Waals surface area contributed by atoms with E-state index in [-0.39, 0.29) is 23.4 Å². The third kappa shape index (κ3) is 23.4. The average Bonchev–Trinajstić information content (AvgIpc) is 2.71. The molecule has 0 aliphatic carbocycles. The first-order chi connectivity index (χ1) is 15.6. The van der Waals surface area contributed by atoms with Crippen LogP contribution in [0.2, 0.25) is 0 Å². The SMILES string of the molecule is CCCCCCCCC(OC(C)(C)C)C(CCCCCCCCCCCCO)OC(C)(C)C. The van der Waals surface area contributed by atoms with E-state index in [0.717, 1.165) is 19.3 Å². The van der Waals surface area contributed by atoms with Crippen molar-refractivity contribution in [3.05, 3.63) is 0 Å². The van der Waals surface area contributed by atoms with Crippen LogP contribution in [0, 0.1) is 0 Å². The van der Waals surface area contributed by atoms with E-state index in [0.29, 0.717) is 6.61 Å². The minimum absolute atomic E-state index is 0.135. The van der Waals surface area contributed by atoms with Gasteiger partial charge in [0.1, 0.15) is 0 Å². The first-order valence-corrected chi connectivity index (χ1v) is 14.6. The Kier molecular flexibility index (Phi) is 20.0. The van der Waals surface area contributed by atoms with E-state index in [1.165, 1.54) is 96.3 Å². The highest BCUT2D eigenvalue weighted by atomic mass is 16.6. The normalized spacial score (nSPS) is 14.5. The number of aliphatic hydroxyl groups is 1. The summed E-state index contributed by atoms with van der Waals surface area (Å²) < 4.78 is 13.2. The lowest BCUT2D eigenvalue weighted by Crippen LogP contribution is -2.41. The molecule has 0 radical (unpaired) electrons. The van der Waals surface area contributed by atoms with E-state index in [2.05, 4.69) is 48.5 Å². The molecule has 2 unspecified atom stereocenters. The summed E-state index contributed by atoms with van der Waals surface area (Å²) in [5.41, 5.74) is -0.273. The van der Waals surface area contributed by atoms with E-state index >= 15 is 0 Å². The van der Waals surface area contributed by atoms with Gasteiger partial charge in [0.15, 0.2) is 0 Å². The quantitative estimate of drug-likeness (QED) is 0.160. The first-order valence-electron chi connectivity index (χ1n) is 14.6. The second kappa shape index (κ2) is 20.1. The molecule has 0 spiro atoms. The smallest absolute Gasteiger partial charge is 0.0844 e. The van der Waals surface area contributed by atoms with Gasteiger partial charge in [-0.1, -0.05) is 103 Å². The van der Waals surface area contributed by atoms with Gasteiger partial charge >= 0.3 is 0 Å². The average molecular weight is 471 g/mol. The molecule has 3 heteroatoms. The Morgan fingerprint density at radius 2 is 0.788 bits per heavy atom. The van der Waals surface area contributed by atoms with Crippen LogP contribution >= 0.6 is 0 Å². The highest BCUT2D eigenvalue weighted by molar-refractivity contribution is 4.78. The summed E-state index contributed by atoms with van der Waals surface area (Å²) >= 11 is 0. The largest absolute Gasteiger partial charge is 0.396 e. The Morgan fingerprint density at radius 3 is 1.09 bits per heavy atom. The summed E-state index contributed by atoms with van der Waals surface area (Å²) in [6.45, 7) is 15.7. The zero-order valence-corrected chi connectivity index (χ0v) is 23.9. The van der Waals surface area contributed by atoms with E-state index in [9.17, 15) is 0 Å². The molecular formula is C30H62O3. The maximum absolute atomic E-state index is 8.85. The summed E-state index contributed by atoms with van der Waals surface area (Å²) in [5, 5.41) is 8.85. The molecule has 0 amide bonds. The molecule has 0 aromatic carbocycles. The molecule has 2 atom stereocenters. The van der Waals surface area contributed by atoms with E-state index in [1.807, 2.05) is 0 Å². The van der Waals surface area contributed by atoms with Gasteiger partial charge < -0.3 is 14.6 Å². The topological polar surface area (TPSA) is 38.7 Å². The van der Waals surface area contributed by atoms with E-state index < -0.39 is 0 Å². The number of rotatable bonds is 22. The molecule has 0 saturated carbocycles. The second-order valence-electron chi connectivity index (χ2n) is 12.1. The number of ether oxygens (including phenoxy) is 2. The summed E-state index contributed by atoms with van der Waals surface area (Å²) in [4.78, 5) is 0. The van der Waals surface area contributed by atoms with Crippen LogP contribution in [0.1, 0.15) is 164 Å². The van der Waals surface area contributed by atoms with Crippen molar-refractivity contribution in [3.63, 3.8) is 0 Å². The van der Waals surface area contributed by atoms with Gasteiger partial charge in [-0.2, -0.15) is 0 Å².